The number of hydrogen-bond donors (Lipinski definition) is 2. The third-order valence-corrected chi connectivity index (χ3v) is 4.87. The molecule has 0 aromatic heterocycles. The number of carbonyl (C=O) groups is 2. The first-order valence-corrected chi connectivity index (χ1v) is 8.93. The zero-order valence-corrected chi connectivity index (χ0v) is 15.0. The van der Waals surface area contributed by atoms with Crippen molar-refractivity contribution in [3.8, 4) is 11.1 Å². The summed E-state index contributed by atoms with van der Waals surface area (Å²) >= 11 is 7.07. The van der Waals surface area contributed by atoms with Crippen molar-refractivity contribution in [2.24, 2.45) is 10.2 Å². The Hall–Kier alpha value is -2.64. The minimum Gasteiger partial charge on any atom is -0.481 e. The van der Waals surface area contributed by atoms with Crippen LogP contribution in [-0.4, -0.2) is 33.6 Å². The van der Waals surface area contributed by atoms with E-state index in [1.54, 1.807) is 6.21 Å². The van der Waals surface area contributed by atoms with Gasteiger partial charge in [-0.3, -0.25) is 9.59 Å². The molecule has 1 heterocycles. The second-order valence-corrected chi connectivity index (χ2v) is 7.10. The highest BCUT2D eigenvalue weighted by atomic mass is 35.5. The lowest BCUT2D eigenvalue weighted by Gasteiger charge is -2.02. The summed E-state index contributed by atoms with van der Waals surface area (Å²) in [5.41, 5.74) is 2.90. The minimum absolute atomic E-state index is 0.246. The summed E-state index contributed by atoms with van der Waals surface area (Å²) < 4.78 is 0. The van der Waals surface area contributed by atoms with Crippen LogP contribution >= 0.6 is 23.4 Å². The highest BCUT2D eigenvalue weighted by Gasteiger charge is 2.32. The third-order valence-electron chi connectivity index (χ3n) is 3.56. The van der Waals surface area contributed by atoms with Gasteiger partial charge in [-0.05, 0) is 28.8 Å². The van der Waals surface area contributed by atoms with Crippen molar-refractivity contribution in [3.63, 3.8) is 0 Å². The van der Waals surface area contributed by atoms with Crippen LogP contribution < -0.4 is 5.32 Å². The maximum atomic E-state index is 11.6. The summed E-state index contributed by atoms with van der Waals surface area (Å²) in [6.45, 7) is 0. The number of hydrogen-bond acceptors (Lipinski definition) is 5. The zero-order chi connectivity index (χ0) is 18.5. The number of carboxylic acid groups (broad SMARTS) is 1. The SMILES string of the molecule is O=C(O)CC1SC(=NN=Cc2ccc(-c3cccc(Cl)c3)cc2)NC1=O. The van der Waals surface area contributed by atoms with E-state index in [0.717, 1.165) is 28.5 Å². The van der Waals surface area contributed by atoms with Crippen LogP contribution in [0.2, 0.25) is 5.02 Å². The lowest BCUT2D eigenvalue weighted by molar-refractivity contribution is -0.138. The van der Waals surface area contributed by atoms with E-state index < -0.39 is 11.2 Å². The van der Waals surface area contributed by atoms with Gasteiger partial charge in [0, 0.05) is 5.02 Å². The second-order valence-electron chi connectivity index (χ2n) is 5.48. The molecule has 0 radical (unpaired) electrons. The van der Waals surface area contributed by atoms with Crippen molar-refractivity contribution in [2.45, 2.75) is 11.7 Å². The van der Waals surface area contributed by atoms with Crippen LogP contribution in [0, 0.1) is 0 Å². The van der Waals surface area contributed by atoms with E-state index in [2.05, 4.69) is 15.5 Å². The van der Waals surface area contributed by atoms with Crippen molar-refractivity contribution in [1.29, 1.82) is 0 Å². The highest BCUT2D eigenvalue weighted by molar-refractivity contribution is 8.15. The summed E-state index contributed by atoms with van der Waals surface area (Å²) in [6.07, 6.45) is 1.32. The van der Waals surface area contributed by atoms with Crippen molar-refractivity contribution in [3.05, 3.63) is 59.1 Å². The number of amides is 1. The molecule has 1 unspecified atom stereocenters. The fraction of sp³-hybridized carbons (Fsp3) is 0.111. The Kier molecular flexibility index (Phi) is 5.70. The van der Waals surface area contributed by atoms with Gasteiger partial charge in [0.2, 0.25) is 5.91 Å². The predicted octanol–water partition coefficient (Wildman–Crippen LogP) is 3.40. The number of rotatable bonds is 5. The van der Waals surface area contributed by atoms with Crippen LogP contribution in [0.25, 0.3) is 11.1 Å². The van der Waals surface area contributed by atoms with Crippen molar-refractivity contribution >= 4 is 46.6 Å². The molecule has 1 amide bonds. The van der Waals surface area contributed by atoms with Gasteiger partial charge in [0.15, 0.2) is 5.17 Å². The number of halogens is 1. The molecule has 26 heavy (non-hydrogen) atoms. The number of nitrogens with one attached hydrogen (secondary N) is 1. The van der Waals surface area contributed by atoms with E-state index >= 15 is 0 Å². The fourth-order valence-electron chi connectivity index (χ4n) is 2.32. The fourth-order valence-corrected chi connectivity index (χ4v) is 3.43. The van der Waals surface area contributed by atoms with Gasteiger partial charge in [-0.1, -0.05) is 59.8 Å². The summed E-state index contributed by atoms with van der Waals surface area (Å²) in [6, 6.07) is 15.3. The molecule has 1 aliphatic heterocycles. The Bertz CT molecular complexity index is 897. The van der Waals surface area contributed by atoms with Gasteiger partial charge in [0.25, 0.3) is 0 Å². The molecule has 0 saturated carbocycles. The Morgan fingerprint density at radius 3 is 2.69 bits per heavy atom. The molecule has 1 fully saturated rings. The van der Waals surface area contributed by atoms with Gasteiger partial charge in [0.1, 0.15) is 5.25 Å². The summed E-state index contributed by atoms with van der Waals surface area (Å²) in [7, 11) is 0. The maximum Gasteiger partial charge on any atom is 0.305 e. The lowest BCUT2D eigenvalue weighted by atomic mass is 10.0. The lowest BCUT2D eigenvalue weighted by Crippen LogP contribution is -2.26. The number of thioether (sulfide) groups is 1. The van der Waals surface area contributed by atoms with Crippen LogP contribution in [0.15, 0.2) is 58.7 Å². The second kappa shape index (κ2) is 8.16. The molecule has 0 aliphatic carbocycles. The molecule has 1 aliphatic rings. The van der Waals surface area contributed by atoms with Crippen LogP contribution in [0.1, 0.15) is 12.0 Å². The molecular formula is C18H14ClN3O3S. The number of nitrogens with zero attached hydrogens (tertiary/aromatic N) is 2. The number of carboxylic acids is 1. The molecule has 6 nitrogen and oxygen atoms in total. The van der Waals surface area contributed by atoms with E-state index in [1.165, 1.54) is 0 Å². The Balaban J connectivity index is 1.64. The van der Waals surface area contributed by atoms with Gasteiger partial charge < -0.3 is 10.4 Å². The zero-order valence-electron chi connectivity index (χ0n) is 13.4. The van der Waals surface area contributed by atoms with Crippen LogP contribution in [-0.2, 0) is 9.59 Å². The summed E-state index contributed by atoms with van der Waals surface area (Å²) in [5.74, 6) is -1.39. The molecule has 0 bridgehead atoms. The van der Waals surface area contributed by atoms with Crippen LogP contribution in [0.4, 0.5) is 0 Å². The molecule has 3 rings (SSSR count). The average Bonchev–Trinajstić information content (AvgIpc) is 2.94. The van der Waals surface area contributed by atoms with E-state index in [9.17, 15) is 9.59 Å². The van der Waals surface area contributed by atoms with Gasteiger partial charge >= 0.3 is 5.97 Å². The summed E-state index contributed by atoms with van der Waals surface area (Å²) in [5, 5.41) is 19.5. The van der Waals surface area contributed by atoms with Crippen LogP contribution in [0.5, 0.6) is 0 Å². The van der Waals surface area contributed by atoms with E-state index in [1.807, 2.05) is 48.5 Å². The van der Waals surface area contributed by atoms with Crippen LogP contribution in [0.3, 0.4) is 0 Å². The molecule has 2 aromatic carbocycles. The largest absolute Gasteiger partial charge is 0.481 e. The van der Waals surface area contributed by atoms with Gasteiger partial charge in [-0.15, -0.1) is 5.10 Å². The monoisotopic (exact) mass is 387 g/mol. The highest BCUT2D eigenvalue weighted by Crippen LogP contribution is 2.23. The molecule has 8 heteroatoms. The molecule has 2 aromatic rings. The number of carbonyl (C=O) groups excluding carboxylic acids is 1. The van der Waals surface area contributed by atoms with E-state index in [4.69, 9.17) is 16.7 Å². The first-order chi connectivity index (χ1) is 12.5. The predicted molar refractivity (Wildman–Crippen MR) is 104 cm³/mol. The molecule has 132 valence electrons. The van der Waals surface area contributed by atoms with Crippen molar-refractivity contribution < 1.29 is 14.7 Å². The standard InChI is InChI=1S/C18H14ClN3O3S/c19-14-3-1-2-13(8-14)12-6-4-11(5-7-12)10-20-22-18-21-17(25)15(26-18)9-16(23)24/h1-8,10,15H,9H2,(H,23,24)(H,21,22,25). The summed E-state index contributed by atoms with van der Waals surface area (Å²) in [4.78, 5) is 22.3. The quantitative estimate of drug-likeness (QED) is 0.607. The maximum absolute atomic E-state index is 11.6. The number of amidine groups is 1. The topological polar surface area (TPSA) is 91.1 Å². The third kappa shape index (κ3) is 4.71. The van der Waals surface area contributed by atoms with Crippen molar-refractivity contribution in [1.82, 2.24) is 5.32 Å². The normalized spacial score (nSPS) is 18.4. The average molecular weight is 388 g/mol. The Morgan fingerprint density at radius 2 is 2.00 bits per heavy atom. The number of aliphatic carboxylic acids is 1. The Labute approximate surface area is 159 Å². The molecule has 2 N–H and O–H groups in total. The van der Waals surface area contributed by atoms with Gasteiger partial charge in [-0.2, -0.15) is 5.10 Å². The number of benzene rings is 2. The molecular weight excluding hydrogens is 374 g/mol. The van der Waals surface area contributed by atoms with Gasteiger partial charge in [-0.25, -0.2) is 0 Å². The van der Waals surface area contributed by atoms with Gasteiger partial charge in [0.05, 0.1) is 12.6 Å². The minimum atomic E-state index is -1.03. The van der Waals surface area contributed by atoms with Crippen molar-refractivity contribution in [2.75, 3.05) is 0 Å². The molecule has 1 saturated heterocycles. The smallest absolute Gasteiger partial charge is 0.305 e. The molecule has 0 spiro atoms. The van der Waals surface area contributed by atoms with E-state index in [0.29, 0.717) is 10.2 Å². The molecule has 1 atom stereocenters. The Morgan fingerprint density at radius 1 is 1.23 bits per heavy atom. The van der Waals surface area contributed by atoms with E-state index in [-0.39, 0.29) is 12.3 Å². The first kappa shape index (κ1) is 18.2. The first-order valence-electron chi connectivity index (χ1n) is 7.67.